The number of benzene rings is 1. The SMILES string of the molecule is COC1=C(c2ccccn2)C(=O)c2ccccc21. The average molecular weight is 237 g/mol. The van der Waals surface area contributed by atoms with Gasteiger partial charge in [-0.3, -0.25) is 9.78 Å². The lowest BCUT2D eigenvalue weighted by molar-refractivity contribution is 0.105. The number of rotatable bonds is 2. The Morgan fingerprint density at radius 3 is 2.39 bits per heavy atom. The van der Waals surface area contributed by atoms with E-state index in [1.54, 1.807) is 13.3 Å². The molecule has 3 rings (SSSR count). The van der Waals surface area contributed by atoms with Gasteiger partial charge < -0.3 is 4.74 Å². The van der Waals surface area contributed by atoms with Crippen LogP contribution in [0.3, 0.4) is 0 Å². The molecular formula is C15H11NO2. The number of methoxy groups -OCH3 is 1. The molecule has 0 aliphatic heterocycles. The first-order chi connectivity index (χ1) is 8.83. The van der Waals surface area contributed by atoms with Gasteiger partial charge in [0.2, 0.25) is 0 Å². The van der Waals surface area contributed by atoms with Crippen LogP contribution in [0.25, 0.3) is 11.3 Å². The summed E-state index contributed by atoms with van der Waals surface area (Å²) in [6.07, 6.45) is 1.67. The van der Waals surface area contributed by atoms with Crippen LogP contribution in [-0.4, -0.2) is 17.9 Å². The van der Waals surface area contributed by atoms with Crippen LogP contribution in [0, 0.1) is 0 Å². The molecule has 0 unspecified atom stereocenters. The summed E-state index contributed by atoms with van der Waals surface area (Å²) in [6, 6.07) is 13.0. The van der Waals surface area contributed by atoms with Crippen molar-refractivity contribution >= 4 is 17.1 Å². The van der Waals surface area contributed by atoms with Gasteiger partial charge in [0.05, 0.1) is 18.4 Å². The van der Waals surface area contributed by atoms with Gasteiger partial charge in [-0.25, -0.2) is 0 Å². The van der Waals surface area contributed by atoms with Crippen molar-refractivity contribution < 1.29 is 9.53 Å². The predicted molar refractivity (Wildman–Crippen MR) is 68.8 cm³/mol. The molecule has 0 atom stereocenters. The molecule has 1 aliphatic carbocycles. The van der Waals surface area contributed by atoms with Crippen LogP contribution >= 0.6 is 0 Å². The first kappa shape index (κ1) is 10.7. The van der Waals surface area contributed by atoms with Crippen LogP contribution in [0.15, 0.2) is 48.7 Å². The Labute approximate surface area is 105 Å². The minimum absolute atomic E-state index is 0.0267. The third-order valence-electron chi connectivity index (χ3n) is 3.00. The topological polar surface area (TPSA) is 39.2 Å². The lowest BCUT2D eigenvalue weighted by Crippen LogP contribution is -1.99. The number of aromatic nitrogens is 1. The molecule has 0 amide bonds. The van der Waals surface area contributed by atoms with E-state index in [1.165, 1.54) is 0 Å². The summed E-state index contributed by atoms with van der Waals surface area (Å²) in [7, 11) is 1.58. The van der Waals surface area contributed by atoms with Crippen molar-refractivity contribution in [2.75, 3.05) is 7.11 Å². The van der Waals surface area contributed by atoms with Crippen molar-refractivity contribution in [1.82, 2.24) is 4.98 Å². The Hall–Kier alpha value is -2.42. The Morgan fingerprint density at radius 1 is 1.00 bits per heavy atom. The van der Waals surface area contributed by atoms with E-state index < -0.39 is 0 Å². The van der Waals surface area contributed by atoms with Crippen molar-refractivity contribution in [3.05, 3.63) is 65.5 Å². The standard InChI is InChI=1S/C15H11NO2/c1-18-15-11-7-3-2-6-10(11)14(17)13(15)12-8-4-5-9-16-12/h2-9H,1H3. The van der Waals surface area contributed by atoms with Crippen LogP contribution < -0.4 is 0 Å². The summed E-state index contributed by atoms with van der Waals surface area (Å²) in [5, 5.41) is 0. The highest BCUT2D eigenvalue weighted by molar-refractivity contribution is 6.38. The first-order valence-electron chi connectivity index (χ1n) is 5.66. The monoisotopic (exact) mass is 237 g/mol. The summed E-state index contributed by atoms with van der Waals surface area (Å²) in [5.41, 5.74) is 2.70. The van der Waals surface area contributed by atoms with Gasteiger partial charge in [0, 0.05) is 17.3 Å². The number of fused-ring (bicyclic) bond motifs is 1. The zero-order valence-electron chi connectivity index (χ0n) is 9.88. The summed E-state index contributed by atoms with van der Waals surface area (Å²) in [6.45, 7) is 0. The number of carbonyl (C=O) groups excluding carboxylic acids is 1. The highest BCUT2D eigenvalue weighted by atomic mass is 16.5. The number of allylic oxidation sites excluding steroid dienone is 1. The molecule has 0 saturated heterocycles. The molecule has 3 heteroatoms. The molecule has 1 aromatic heterocycles. The molecule has 0 radical (unpaired) electrons. The zero-order chi connectivity index (χ0) is 12.5. The molecule has 3 nitrogen and oxygen atoms in total. The molecule has 0 bridgehead atoms. The number of hydrogen-bond donors (Lipinski definition) is 0. The molecule has 88 valence electrons. The van der Waals surface area contributed by atoms with E-state index in [0.29, 0.717) is 22.6 Å². The van der Waals surface area contributed by atoms with Crippen LogP contribution in [0.4, 0.5) is 0 Å². The van der Waals surface area contributed by atoms with Crippen LogP contribution in [0.5, 0.6) is 0 Å². The van der Waals surface area contributed by atoms with Gasteiger partial charge in [0.1, 0.15) is 5.76 Å². The Kier molecular flexibility index (Phi) is 2.45. The number of hydrogen-bond acceptors (Lipinski definition) is 3. The number of carbonyl (C=O) groups is 1. The third kappa shape index (κ3) is 1.44. The molecule has 0 N–H and O–H groups in total. The van der Waals surface area contributed by atoms with Crippen LogP contribution in [0.2, 0.25) is 0 Å². The summed E-state index contributed by atoms with van der Waals surface area (Å²) in [4.78, 5) is 16.6. The van der Waals surface area contributed by atoms with E-state index in [1.807, 2.05) is 42.5 Å². The van der Waals surface area contributed by atoms with Gasteiger partial charge in [-0.15, -0.1) is 0 Å². The summed E-state index contributed by atoms with van der Waals surface area (Å²) >= 11 is 0. The second kappa shape index (κ2) is 4.11. The van der Waals surface area contributed by atoms with Gasteiger partial charge in [0.15, 0.2) is 5.78 Å². The van der Waals surface area contributed by atoms with E-state index in [0.717, 1.165) is 5.56 Å². The lowest BCUT2D eigenvalue weighted by Gasteiger charge is -2.04. The smallest absolute Gasteiger partial charge is 0.199 e. The van der Waals surface area contributed by atoms with Crippen LogP contribution in [-0.2, 0) is 4.74 Å². The average Bonchev–Trinajstić information content (AvgIpc) is 2.73. The molecule has 1 heterocycles. The minimum Gasteiger partial charge on any atom is -0.495 e. The molecule has 0 saturated carbocycles. The van der Waals surface area contributed by atoms with Gasteiger partial charge in [-0.2, -0.15) is 0 Å². The molecule has 18 heavy (non-hydrogen) atoms. The second-order valence-electron chi connectivity index (χ2n) is 4.00. The highest BCUT2D eigenvalue weighted by Gasteiger charge is 2.31. The number of pyridine rings is 1. The van der Waals surface area contributed by atoms with Gasteiger partial charge in [-0.05, 0) is 12.1 Å². The quantitative estimate of drug-likeness (QED) is 0.806. The number of ether oxygens (including phenoxy) is 1. The summed E-state index contributed by atoms with van der Waals surface area (Å²) < 4.78 is 5.39. The van der Waals surface area contributed by atoms with E-state index >= 15 is 0 Å². The molecule has 0 spiro atoms. The maximum absolute atomic E-state index is 12.4. The van der Waals surface area contributed by atoms with E-state index in [2.05, 4.69) is 4.98 Å². The maximum Gasteiger partial charge on any atom is 0.199 e. The van der Waals surface area contributed by atoms with E-state index in [9.17, 15) is 4.79 Å². The Morgan fingerprint density at radius 2 is 1.72 bits per heavy atom. The zero-order valence-corrected chi connectivity index (χ0v) is 9.88. The molecule has 1 aromatic carbocycles. The van der Waals surface area contributed by atoms with Crippen molar-refractivity contribution in [3.63, 3.8) is 0 Å². The molecule has 0 fully saturated rings. The summed E-state index contributed by atoms with van der Waals surface area (Å²) in [5.74, 6) is 0.579. The third-order valence-corrected chi connectivity index (χ3v) is 3.00. The Balaban J connectivity index is 2.24. The number of Topliss-reactive ketones (excluding diaryl/α,β-unsaturated/α-hetero) is 1. The maximum atomic E-state index is 12.4. The lowest BCUT2D eigenvalue weighted by atomic mass is 10.1. The van der Waals surface area contributed by atoms with Crippen molar-refractivity contribution in [2.45, 2.75) is 0 Å². The molecule has 2 aromatic rings. The number of nitrogens with zero attached hydrogens (tertiary/aromatic N) is 1. The van der Waals surface area contributed by atoms with E-state index in [4.69, 9.17) is 4.74 Å². The van der Waals surface area contributed by atoms with Crippen molar-refractivity contribution in [1.29, 1.82) is 0 Å². The predicted octanol–water partition coefficient (Wildman–Crippen LogP) is 2.79. The fourth-order valence-corrected chi connectivity index (χ4v) is 2.21. The first-order valence-corrected chi connectivity index (χ1v) is 5.66. The van der Waals surface area contributed by atoms with Crippen LogP contribution in [0.1, 0.15) is 21.6 Å². The van der Waals surface area contributed by atoms with Crippen molar-refractivity contribution in [2.24, 2.45) is 0 Å². The molecule has 1 aliphatic rings. The Bertz CT molecular complexity index is 645. The van der Waals surface area contributed by atoms with Crippen molar-refractivity contribution in [3.8, 4) is 0 Å². The fourth-order valence-electron chi connectivity index (χ4n) is 2.21. The van der Waals surface area contributed by atoms with Gasteiger partial charge in [-0.1, -0.05) is 30.3 Å². The van der Waals surface area contributed by atoms with E-state index in [-0.39, 0.29) is 5.78 Å². The highest BCUT2D eigenvalue weighted by Crippen LogP contribution is 2.37. The molecular weight excluding hydrogens is 226 g/mol. The normalized spacial score (nSPS) is 13.7. The minimum atomic E-state index is -0.0267. The van der Waals surface area contributed by atoms with Gasteiger partial charge >= 0.3 is 0 Å². The second-order valence-corrected chi connectivity index (χ2v) is 4.00. The number of ketones is 1. The fraction of sp³-hybridized carbons (Fsp3) is 0.0667. The largest absolute Gasteiger partial charge is 0.495 e. The van der Waals surface area contributed by atoms with Gasteiger partial charge in [0.25, 0.3) is 0 Å².